The quantitative estimate of drug-likeness (QED) is 0.412. The lowest BCUT2D eigenvalue weighted by atomic mass is 9.66. The Hall–Kier alpha value is -2.83. The van der Waals surface area contributed by atoms with Crippen molar-refractivity contribution in [2.75, 3.05) is 26.0 Å². The number of nitrogens with one attached hydrogen (secondary N) is 2. The van der Waals surface area contributed by atoms with Crippen LogP contribution in [-0.2, 0) is 17.6 Å². The summed E-state index contributed by atoms with van der Waals surface area (Å²) in [6, 6.07) is 21.9. The molecule has 0 bridgehead atoms. The Bertz CT molecular complexity index is 1010. The van der Waals surface area contributed by atoms with Crippen molar-refractivity contribution in [1.82, 2.24) is 25.2 Å². The molecule has 0 amide bonds. The van der Waals surface area contributed by atoms with Crippen LogP contribution in [0, 0.1) is 0 Å². The molecule has 0 spiro atoms. The number of unbranched alkanes of at least 4 members (excludes halogenated alkanes) is 1. The summed E-state index contributed by atoms with van der Waals surface area (Å²) < 4.78 is 0. The first-order valence-electron chi connectivity index (χ1n) is 12.5. The van der Waals surface area contributed by atoms with Gasteiger partial charge in [0.2, 0.25) is 5.95 Å². The van der Waals surface area contributed by atoms with E-state index < -0.39 is 0 Å². The molecule has 6 nitrogen and oxygen atoms in total. The predicted molar refractivity (Wildman–Crippen MR) is 138 cm³/mol. The van der Waals surface area contributed by atoms with E-state index in [-0.39, 0.29) is 11.1 Å². The summed E-state index contributed by atoms with van der Waals surface area (Å²) >= 11 is 0. The third-order valence-corrected chi connectivity index (χ3v) is 7.44. The van der Waals surface area contributed by atoms with E-state index in [2.05, 4.69) is 112 Å². The minimum Gasteiger partial charge on any atom is -0.354 e. The van der Waals surface area contributed by atoms with E-state index >= 15 is 0 Å². The fraction of sp³-hybridized carbons (Fsp3) is 0.464. The molecule has 1 fully saturated rings. The lowest BCUT2D eigenvalue weighted by Crippen LogP contribution is -2.52. The molecule has 0 saturated heterocycles. The fourth-order valence-corrected chi connectivity index (χ4v) is 5.28. The van der Waals surface area contributed by atoms with Crippen molar-refractivity contribution in [3.8, 4) is 0 Å². The first kappa shape index (κ1) is 24.3. The smallest absolute Gasteiger partial charge is 0.225 e. The van der Waals surface area contributed by atoms with Gasteiger partial charge in [-0.25, -0.2) is 9.97 Å². The highest BCUT2D eigenvalue weighted by Crippen LogP contribution is 2.48. The normalized spacial score (nSPS) is 22.6. The maximum atomic E-state index is 4.65. The summed E-state index contributed by atoms with van der Waals surface area (Å²) in [6.07, 6.45) is 8.09. The van der Waals surface area contributed by atoms with E-state index in [1.807, 2.05) is 0 Å². The SMILES string of the molecule is CCCCNc1ncnc(CNC2(c3ccccc3)CCC(c3ccccc3)(N(C)C)CC2)n1. The van der Waals surface area contributed by atoms with Gasteiger partial charge in [0.15, 0.2) is 0 Å². The third kappa shape index (κ3) is 5.29. The van der Waals surface area contributed by atoms with Gasteiger partial charge in [-0.1, -0.05) is 74.0 Å². The second-order valence-corrected chi connectivity index (χ2v) is 9.60. The number of hydrogen-bond acceptors (Lipinski definition) is 6. The van der Waals surface area contributed by atoms with Gasteiger partial charge in [-0.3, -0.25) is 4.90 Å². The van der Waals surface area contributed by atoms with Crippen LogP contribution in [0.3, 0.4) is 0 Å². The summed E-state index contributed by atoms with van der Waals surface area (Å²) in [4.78, 5) is 15.8. The molecule has 6 heteroatoms. The first-order chi connectivity index (χ1) is 16.6. The summed E-state index contributed by atoms with van der Waals surface area (Å²) in [5, 5.41) is 7.20. The highest BCUT2D eigenvalue weighted by molar-refractivity contribution is 5.31. The second kappa shape index (κ2) is 11.1. The molecule has 0 radical (unpaired) electrons. The van der Waals surface area contributed by atoms with Gasteiger partial charge < -0.3 is 10.6 Å². The predicted octanol–water partition coefficient (Wildman–Crippen LogP) is 5.10. The Labute approximate surface area is 204 Å². The van der Waals surface area contributed by atoms with Crippen molar-refractivity contribution in [3.63, 3.8) is 0 Å². The Morgan fingerprint density at radius 1 is 0.853 bits per heavy atom. The molecule has 0 aliphatic heterocycles. The molecule has 3 aromatic rings. The van der Waals surface area contributed by atoms with Crippen LogP contribution in [0.25, 0.3) is 0 Å². The van der Waals surface area contributed by atoms with Gasteiger partial charge in [0, 0.05) is 17.6 Å². The van der Waals surface area contributed by atoms with Crippen molar-refractivity contribution in [2.24, 2.45) is 0 Å². The fourth-order valence-electron chi connectivity index (χ4n) is 5.28. The van der Waals surface area contributed by atoms with Crippen LogP contribution in [0.5, 0.6) is 0 Å². The van der Waals surface area contributed by atoms with Crippen LogP contribution in [0.1, 0.15) is 62.4 Å². The molecular weight excluding hydrogens is 420 g/mol. The number of hydrogen-bond donors (Lipinski definition) is 2. The van der Waals surface area contributed by atoms with Gasteiger partial charge in [-0.05, 0) is 57.3 Å². The lowest BCUT2D eigenvalue weighted by molar-refractivity contribution is 0.0521. The molecule has 0 atom stereocenters. The van der Waals surface area contributed by atoms with Gasteiger partial charge >= 0.3 is 0 Å². The largest absolute Gasteiger partial charge is 0.354 e. The van der Waals surface area contributed by atoms with E-state index in [0.29, 0.717) is 12.5 Å². The molecule has 1 heterocycles. The molecule has 1 aromatic heterocycles. The van der Waals surface area contributed by atoms with Crippen molar-refractivity contribution in [1.29, 1.82) is 0 Å². The first-order valence-corrected chi connectivity index (χ1v) is 12.5. The molecule has 1 saturated carbocycles. The Balaban J connectivity index is 1.55. The number of rotatable bonds is 10. The van der Waals surface area contributed by atoms with Crippen molar-refractivity contribution in [3.05, 3.63) is 83.9 Å². The summed E-state index contributed by atoms with van der Waals surface area (Å²) in [5.74, 6) is 1.44. The number of aromatic nitrogens is 3. The molecule has 4 rings (SSSR count). The minimum atomic E-state index is -0.113. The maximum absolute atomic E-state index is 4.65. The standard InChI is InChI=1S/C28H38N6/c1-4-5-20-29-26-31-22-30-25(33-26)21-32-27(23-12-8-6-9-13-23)16-18-28(19-17-27,34(2)3)24-14-10-7-11-15-24/h6-15,22,32H,4-5,16-21H2,1-3H3,(H,29,30,31,33). The zero-order chi connectivity index (χ0) is 23.9. The van der Waals surface area contributed by atoms with Crippen molar-refractivity contribution < 1.29 is 0 Å². The zero-order valence-corrected chi connectivity index (χ0v) is 20.8. The Kier molecular flexibility index (Phi) is 7.91. The second-order valence-electron chi connectivity index (χ2n) is 9.60. The molecule has 34 heavy (non-hydrogen) atoms. The lowest BCUT2D eigenvalue weighted by Gasteiger charge is -2.50. The van der Waals surface area contributed by atoms with Gasteiger partial charge in [0.25, 0.3) is 0 Å². The average molecular weight is 459 g/mol. The Morgan fingerprint density at radius 3 is 2.12 bits per heavy atom. The van der Waals surface area contributed by atoms with Crippen LogP contribution in [0.15, 0.2) is 67.0 Å². The maximum Gasteiger partial charge on any atom is 0.225 e. The van der Waals surface area contributed by atoms with Gasteiger partial charge in [-0.15, -0.1) is 0 Å². The van der Waals surface area contributed by atoms with Crippen LogP contribution in [0.4, 0.5) is 5.95 Å². The van der Waals surface area contributed by atoms with E-state index in [4.69, 9.17) is 0 Å². The van der Waals surface area contributed by atoms with E-state index in [9.17, 15) is 0 Å². The molecule has 1 aliphatic rings. The number of nitrogens with zero attached hydrogens (tertiary/aromatic N) is 4. The molecule has 1 aliphatic carbocycles. The number of anilines is 1. The molecule has 0 unspecified atom stereocenters. The van der Waals surface area contributed by atoms with Gasteiger partial charge in [-0.2, -0.15) is 4.98 Å². The monoisotopic (exact) mass is 458 g/mol. The van der Waals surface area contributed by atoms with E-state index in [1.165, 1.54) is 11.1 Å². The molecule has 2 N–H and O–H groups in total. The highest BCUT2D eigenvalue weighted by Gasteiger charge is 2.45. The molecular formula is C28H38N6. The highest BCUT2D eigenvalue weighted by atomic mass is 15.2. The third-order valence-electron chi connectivity index (χ3n) is 7.44. The van der Waals surface area contributed by atoms with Gasteiger partial charge in [0.1, 0.15) is 12.2 Å². The van der Waals surface area contributed by atoms with Crippen LogP contribution < -0.4 is 10.6 Å². The van der Waals surface area contributed by atoms with E-state index in [1.54, 1.807) is 6.33 Å². The van der Waals surface area contributed by atoms with Crippen molar-refractivity contribution in [2.45, 2.75) is 63.1 Å². The van der Waals surface area contributed by atoms with Crippen LogP contribution in [-0.4, -0.2) is 40.5 Å². The van der Waals surface area contributed by atoms with Crippen LogP contribution >= 0.6 is 0 Å². The number of benzene rings is 2. The average Bonchev–Trinajstić information content (AvgIpc) is 2.89. The topological polar surface area (TPSA) is 66.0 Å². The summed E-state index contributed by atoms with van der Waals surface area (Å²) in [6.45, 7) is 3.67. The van der Waals surface area contributed by atoms with E-state index in [0.717, 1.165) is 50.9 Å². The minimum absolute atomic E-state index is 0.0464. The Morgan fingerprint density at radius 2 is 1.50 bits per heavy atom. The van der Waals surface area contributed by atoms with Crippen molar-refractivity contribution >= 4 is 5.95 Å². The summed E-state index contributed by atoms with van der Waals surface area (Å²) in [7, 11) is 4.43. The zero-order valence-electron chi connectivity index (χ0n) is 20.8. The summed E-state index contributed by atoms with van der Waals surface area (Å²) in [5.41, 5.74) is 2.68. The molecule has 180 valence electrons. The van der Waals surface area contributed by atoms with Crippen LogP contribution in [0.2, 0.25) is 0 Å². The molecule has 2 aromatic carbocycles. The van der Waals surface area contributed by atoms with Gasteiger partial charge in [0.05, 0.1) is 6.54 Å².